The predicted octanol–water partition coefficient (Wildman–Crippen LogP) is 4.49. The molecule has 3 nitrogen and oxygen atoms in total. The summed E-state index contributed by atoms with van der Waals surface area (Å²) < 4.78 is 6.50. The molecule has 2 aromatic carbocycles. The van der Waals surface area contributed by atoms with Gasteiger partial charge in [-0.3, -0.25) is 0 Å². The Morgan fingerprint density at radius 2 is 1.95 bits per heavy atom. The highest BCUT2D eigenvalue weighted by molar-refractivity contribution is 9.10. The van der Waals surface area contributed by atoms with Gasteiger partial charge in [-0.1, -0.05) is 28.9 Å². The van der Waals surface area contributed by atoms with Gasteiger partial charge in [-0.15, -0.1) is 0 Å². The minimum absolute atomic E-state index is 0.462. The number of ether oxygens (including phenoxy) is 1. The van der Waals surface area contributed by atoms with Gasteiger partial charge in [0.1, 0.15) is 12.4 Å². The molecule has 0 aliphatic heterocycles. The summed E-state index contributed by atoms with van der Waals surface area (Å²) >= 11 is 9.23. The third kappa shape index (κ3) is 3.98. The zero-order valence-electron chi connectivity index (χ0n) is 9.88. The van der Waals surface area contributed by atoms with Crippen LogP contribution in [-0.4, -0.2) is 11.4 Å². The lowest BCUT2D eigenvalue weighted by Crippen LogP contribution is -1.96. The van der Waals surface area contributed by atoms with Crippen molar-refractivity contribution in [3.05, 3.63) is 63.1 Å². The van der Waals surface area contributed by atoms with Gasteiger partial charge in [-0.05, 0) is 57.4 Å². The quantitative estimate of drug-likeness (QED) is 0.506. The van der Waals surface area contributed by atoms with Crippen LogP contribution in [0, 0.1) is 0 Å². The summed E-state index contributed by atoms with van der Waals surface area (Å²) in [5.74, 6) is 0.727. The molecule has 0 radical (unpaired) electrons. The van der Waals surface area contributed by atoms with E-state index in [2.05, 4.69) is 21.1 Å². The van der Waals surface area contributed by atoms with E-state index in [4.69, 9.17) is 21.5 Å². The molecule has 0 unspecified atom stereocenters. The van der Waals surface area contributed by atoms with E-state index < -0.39 is 0 Å². The molecule has 0 bridgehead atoms. The van der Waals surface area contributed by atoms with Gasteiger partial charge in [0.15, 0.2) is 0 Å². The van der Waals surface area contributed by atoms with Gasteiger partial charge in [-0.25, -0.2) is 0 Å². The van der Waals surface area contributed by atoms with Crippen LogP contribution in [0.4, 0.5) is 0 Å². The third-order valence-electron chi connectivity index (χ3n) is 2.47. The first-order chi connectivity index (χ1) is 9.19. The molecule has 0 aliphatic rings. The minimum atomic E-state index is 0.462. The lowest BCUT2D eigenvalue weighted by atomic mass is 10.2. The molecule has 0 heterocycles. The molecule has 0 saturated heterocycles. The van der Waals surface area contributed by atoms with Crippen LogP contribution in [0.15, 0.2) is 52.1 Å². The van der Waals surface area contributed by atoms with Gasteiger partial charge in [0.05, 0.1) is 10.7 Å². The molecule has 0 spiro atoms. The fraction of sp³-hybridized carbons (Fsp3) is 0.0714. The van der Waals surface area contributed by atoms with Crippen molar-refractivity contribution >= 4 is 33.7 Å². The zero-order valence-corrected chi connectivity index (χ0v) is 12.2. The maximum absolute atomic E-state index is 8.47. The highest BCUT2D eigenvalue weighted by atomic mass is 79.9. The van der Waals surface area contributed by atoms with E-state index in [1.165, 1.54) is 6.21 Å². The number of hydrogen-bond acceptors (Lipinski definition) is 3. The van der Waals surface area contributed by atoms with Gasteiger partial charge in [0.25, 0.3) is 0 Å². The Labute approximate surface area is 124 Å². The summed E-state index contributed by atoms with van der Waals surface area (Å²) in [5, 5.41) is 12.2. The standard InChI is InChI=1S/C14H11BrClNO2/c15-13-7-11(8-17-18)3-6-14(13)19-9-10-1-4-12(16)5-2-10/h1-8,18H,9H2/b17-8+. The highest BCUT2D eigenvalue weighted by Gasteiger charge is 2.02. The first-order valence-corrected chi connectivity index (χ1v) is 6.70. The summed E-state index contributed by atoms with van der Waals surface area (Å²) in [6.07, 6.45) is 1.35. The van der Waals surface area contributed by atoms with Crippen LogP contribution in [-0.2, 0) is 6.61 Å². The minimum Gasteiger partial charge on any atom is -0.488 e. The highest BCUT2D eigenvalue weighted by Crippen LogP contribution is 2.26. The Morgan fingerprint density at radius 1 is 1.21 bits per heavy atom. The maximum atomic E-state index is 8.47. The van der Waals surface area contributed by atoms with E-state index in [9.17, 15) is 0 Å². The van der Waals surface area contributed by atoms with Crippen LogP contribution in [0.2, 0.25) is 5.02 Å². The fourth-order valence-corrected chi connectivity index (χ4v) is 2.16. The van der Waals surface area contributed by atoms with Crippen LogP contribution >= 0.6 is 27.5 Å². The first kappa shape index (κ1) is 13.9. The monoisotopic (exact) mass is 339 g/mol. The van der Waals surface area contributed by atoms with Crippen LogP contribution in [0.3, 0.4) is 0 Å². The van der Waals surface area contributed by atoms with Crippen molar-refractivity contribution in [2.45, 2.75) is 6.61 Å². The van der Waals surface area contributed by atoms with Crippen molar-refractivity contribution in [2.75, 3.05) is 0 Å². The Kier molecular flexibility index (Phi) is 4.82. The molecule has 98 valence electrons. The number of rotatable bonds is 4. The molecular weight excluding hydrogens is 330 g/mol. The van der Waals surface area contributed by atoms with Crippen molar-refractivity contribution < 1.29 is 9.94 Å². The molecule has 0 amide bonds. The van der Waals surface area contributed by atoms with Crippen LogP contribution in [0.25, 0.3) is 0 Å². The van der Waals surface area contributed by atoms with Gasteiger partial charge in [0.2, 0.25) is 0 Å². The number of benzene rings is 2. The molecule has 0 atom stereocenters. The summed E-state index contributed by atoms with van der Waals surface area (Å²) in [7, 11) is 0. The number of halogens is 2. The first-order valence-electron chi connectivity index (χ1n) is 5.53. The molecule has 0 aliphatic carbocycles. The molecule has 19 heavy (non-hydrogen) atoms. The van der Waals surface area contributed by atoms with Crippen molar-refractivity contribution in [3.63, 3.8) is 0 Å². The maximum Gasteiger partial charge on any atom is 0.134 e. The summed E-state index contributed by atoms with van der Waals surface area (Å²) in [6, 6.07) is 12.9. The van der Waals surface area contributed by atoms with Crippen molar-refractivity contribution in [1.82, 2.24) is 0 Å². The lowest BCUT2D eigenvalue weighted by molar-refractivity contribution is 0.304. The number of hydrogen-bond donors (Lipinski definition) is 1. The van der Waals surface area contributed by atoms with Gasteiger partial charge in [0, 0.05) is 5.02 Å². The molecule has 0 saturated carbocycles. The van der Waals surface area contributed by atoms with E-state index >= 15 is 0 Å². The van der Waals surface area contributed by atoms with E-state index in [1.54, 1.807) is 0 Å². The van der Waals surface area contributed by atoms with E-state index in [0.717, 1.165) is 21.3 Å². The molecule has 0 aromatic heterocycles. The largest absolute Gasteiger partial charge is 0.488 e. The summed E-state index contributed by atoms with van der Waals surface area (Å²) in [6.45, 7) is 0.462. The van der Waals surface area contributed by atoms with Gasteiger partial charge < -0.3 is 9.94 Å². The Balaban J connectivity index is 2.05. The molecule has 0 fully saturated rings. The topological polar surface area (TPSA) is 41.8 Å². The molecule has 1 N–H and O–H groups in total. The van der Waals surface area contributed by atoms with E-state index in [0.29, 0.717) is 11.6 Å². The molecule has 2 rings (SSSR count). The van der Waals surface area contributed by atoms with Crippen LogP contribution < -0.4 is 4.74 Å². The zero-order chi connectivity index (χ0) is 13.7. The Bertz CT molecular complexity index is 584. The van der Waals surface area contributed by atoms with Crippen molar-refractivity contribution in [2.24, 2.45) is 5.16 Å². The van der Waals surface area contributed by atoms with E-state index in [1.807, 2.05) is 42.5 Å². The number of nitrogens with zero attached hydrogens (tertiary/aromatic N) is 1. The van der Waals surface area contributed by atoms with Crippen molar-refractivity contribution in [1.29, 1.82) is 0 Å². The van der Waals surface area contributed by atoms with Gasteiger partial charge in [-0.2, -0.15) is 0 Å². The summed E-state index contributed by atoms with van der Waals surface area (Å²) in [5.41, 5.74) is 1.82. The third-order valence-corrected chi connectivity index (χ3v) is 3.34. The Morgan fingerprint density at radius 3 is 2.58 bits per heavy atom. The normalized spacial score (nSPS) is 10.8. The second kappa shape index (κ2) is 6.59. The molecule has 5 heteroatoms. The van der Waals surface area contributed by atoms with Crippen LogP contribution in [0.1, 0.15) is 11.1 Å². The van der Waals surface area contributed by atoms with E-state index in [-0.39, 0.29) is 0 Å². The predicted molar refractivity (Wildman–Crippen MR) is 79.3 cm³/mol. The smallest absolute Gasteiger partial charge is 0.134 e. The van der Waals surface area contributed by atoms with Crippen LogP contribution in [0.5, 0.6) is 5.75 Å². The average molecular weight is 341 g/mol. The molecule has 2 aromatic rings. The Hall–Kier alpha value is -1.52. The second-order valence-corrected chi connectivity index (χ2v) is 5.14. The van der Waals surface area contributed by atoms with Crippen molar-refractivity contribution in [3.8, 4) is 5.75 Å². The second-order valence-electron chi connectivity index (χ2n) is 3.85. The SMILES string of the molecule is O/N=C/c1ccc(OCc2ccc(Cl)cc2)c(Br)c1. The fourth-order valence-electron chi connectivity index (χ4n) is 1.52. The molecular formula is C14H11BrClNO2. The average Bonchev–Trinajstić information content (AvgIpc) is 2.40. The van der Waals surface area contributed by atoms with Gasteiger partial charge >= 0.3 is 0 Å². The summed E-state index contributed by atoms with van der Waals surface area (Å²) in [4.78, 5) is 0. The number of oxime groups is 1. The lowest BCUT2D eigenvalue weighted by Gasteiger charge is -2.08.